The smallest absolute Gasteiger partial charge is 0.500 e. The van der Waals surface area contributed by atoms with E-state index in [9.17, 15) is 1.37 Å². The molecule has 0 unspecified atom stereocenters. The number of pyridine rings is 2. The van der Waals surface area contributed by atoms with Crippen molar-refractivity contribution in [2.45, 2.75) is 71.6 Å². The zero-order valence-electron chi connectivity index (χ0n) is 32.9. The Balaban J connectivity index is 0.000000208. The third-order valence-corrected chi connectivity index (χ3v) is 11.1. The maximum absolute atomic E-state index is 9.25. The quantitative estimate of drug-likeness (QED) is 0.101. The van der Waals surface area contributed by atoms with Crippen LogP contribution in [0.5, 0.6) is 0 Å². The van der Waals surface area contributed by atoms with Crippen molar-refractivity contribution in [3.8, 4) is 22.5 Å². The summed E-state index contributed by atoms with van der Waals surface area (Å²) in [5.41, 5.74) is 9.43. The van der Waals surface area contributed by atoms with Gasteiger partial charge in [-0.3, -0.25) is 0 Å². The van der Waals surface area contributed by atoms with Crippen LogP contribution < -0.4 is 4.57 Å². The zero-order valence-corrected chi connectivity index (χ0v) is 34.3. The second-order valence-electron chi connectivity index (χ2n) is 16.4. The minimum absolute atomic E-state index is 0. The van der Waals surface area contributed by atoms with E-state index in [4.69, 9.17) is 9.40 Å². The molecule has 0 atom stereocenters. The fraction of sp³-hybridized carbons (Fsp3) is 0.240. The summed E-state index contributed by atoms with van der Waals surface area (Å²) in [6.45, 7) is 15.3. The average Bonchev–Trinajstić information content (AvgIpc) is 3.55. The van der Waals surface area contributed by atoms with Gasteiger partial charge in [-0.15, -0.1) is 35.9 Å². The first-order valence-corrected chi connectivity index (χ1v) is 18.7. The van der Waals surface area contributed by atoms with Crippen molar-refractivity contribution in [1.82, 2.24) is 4.98 Å². The Kier molecular flexibility index (Phi) is 9.85. The normalized spacial score (nSPS) is 15.4. The van der Waals surface area contributed by atoms with Crippen molar-refractivity contribution >= 4 is 43.5 Å². The Bertz CT molecular complexity index is 2670. The molecule has 4 heteroatoms. The second kappa shape index (κ2) is 14.7. The van der Waals surface area contributed by atoms with Crippen molar-refractivity contribution in [1.29, 1.82) is 0 Å². The summed E-state index contributed by atoms with van der Waals surface area (Å²) in [4.78, 5) is 4.72. The second-order valence-corrected chi connectivity index (χ2v) is 16.4. The molecule has 54 heavy (non-hydrogen) atoms. The predicted octanol–water partition coefficient (Wildman–Crippen LogP) is 13.2. The van der Waals surface area contributed by atoms with Crippen LogP contribution in [0.2, 0.25) is 0 Å². The molecule has 0 radical (unpaired) electrons. The summed E-state index contributed by atoms with van der Waals surface area (Å²) in [7, 11) is 4.10. The SMILES string of the molecule is [2H]C1(c2ccnc(-c3[c-]ccc4c3oc3c4ccc4ccc5ccccc5c43)c2)CCC(C)(C)CC1.[CH2-]c1ccccc1-c1ccc(C(C)(C)C)c[n+]1[CH2-].[Ir+3]. The third-order valence-electron chi connectivity index (χ3n) is 11.1. The number of benzene rings is 5. The van der Waals surface area contributed by atoms with Gasteiger partial charge in [-0.25, -0.2) is 0 Å². The summed E-state index contributed by atoms with van der Waals surface area (Å²) in [5.74, 6) is -0.565. The van der Waals surface area contributed by atoms with Crippen molar-refractivity contribution in [3.05, 3.63) is 158 Å². The first kappa shape index (κ1) is 36.1. The molecular formula is C50H48IrN2O+. The first-order chi connectivity index (χ1) is 25.8. The van der Waals surface area contributed by atoms with Crippen molar-refractivity contribution in [2.24, 2.45) is 5.41 Å². The largest absolute Gasteiger partial charge is 3.00 e. The molecule has 8 aromatic rings. The Morgan fingerprint density at radius 1 is 0.833 bits per heavy atom. The Hall–Kier alpha value is -4.89. The average molecular weight is 886 g/mol. The molecular weight excluding hydrogens is 837 g/mol. The van der Waals surface area contributed by atoms with E-state index >= 15 is 0 Å². The fourth-order valence-electron chi connectivity index (χ4n) is 7.78. The molecule has 1 saturated carbocycles. The molecule has 0 saturated heterocycles. The van der Waals surface area contributed by atoms with Crippen LogP contribution in [0.4, 0.5) is 0 Å². The van der Waals surface area contributed by atoms with Gasteiger partial charge in [0.05, 0.1) is 17.5 Å². The summed E-state index contributed by atoms with van der Waals surface area (Å²) in [5, 5.41) is 6.89. The number of rotatable bonds is 3. The van der Waals surface area contributed by atoms with Gasteiger partial charge in [-0.2, -0.15) is 18.6 Å². The number of fused-ring (bicyclic) bond motifs is 7. The van der Waals surface area contributed by atoms with Crippen LogP contribution in [0.3, 0.4) is 0 Å². The van der Waals surface area contributed by atoms with Crippen LogP contribution in [0.1, 0.15) is 84.3 Å². The zero-order chi connectivity index (χ0) is 37.8. The van der Waals surface area contributed by atoms with E-state index in [-0.39, 0.29) is 25.5 Å². The molecule has 1 aliphatic carbocycles. The predicted molar refractivity (Wildman–Crippen MR) is 222 cm³/mol. The van der Waals surface area contributed by atoms with E-state index in [2.05, 4.69) is 140 Å². The van der Waals surface area contributed by atoms with Crippen LogP contribution >= 0.6 is 0 Å². The van der Waals surface area contributed by atoms with E-state index < -0.39 is 5.89 Å². The molecule has 9 rings (SSSR count). The van der Waals surface area contributed by atoms with Crippen LogP contribution in [-0.4, -0.2) is 4.98 Å². The van der Waals surface area contributed by atoms with E-state index in [1.54, 1.807) is 0 Å². The number of furan rings is 1. The number of hydrogen-bond donors (Lipinski definition) is 0. The Labute approximate surface area is 335 Å². The van der Waals surface area contributed by atoms with Crippen LogP contribution in [0, 0.1) is 25.5 Å². The van der Waals surface area contributed by atoms with E-state index in [0.717, 1.165) is 86.6 Å². The van der Waals surface area contributed by atoms with Gasteiger partial charge in [0.15, 0.2) is 0 Å². The number of hydrogen-bond acceptors (Lipinski definition) is 2. The molecule has 0 amide bonds. The van der Waals surface area contributed by atoms with Crippen molar-refractivity contribution < 1.29 is 30.5 Å². The van der Waals surface area contributed by atoms with Gasteiger partial charge in [0.25, 0.3) is 0 Å². The summed E-state index contributed by atoms with van der Waals surface area (Å²) in [6, 6.07) is 41.2. The van der Waals surface area contributed by atoms with Crippen molar-refractivity contribution in [3.63, 3.8) is 0 Å². The molecule has 1 aliphatic rings. The minimum Gasteiger partial charge on any atom is -0.500 e. The molecule has 3 heterocycles. The van der Waals surface area contributed by atoms with Gasteiger partial charge in [-0.1, -0.05) is 124 Å². The molecule has 0 spiro atoms. The van der Waals surface area contributed by atoms with Crippen LogP contribution in [0.25, 0.3) is 66.0 Å². The molecule has 1 fully saturated rings. The molecule has 5 aromatic carbocycles. The summed E-state index contributed by atoms with van der Waals surface area (Å²) in [6.07, 6.45) is 7.84. The number of aromatic nitrogens is 2. The van der Waals surface area contributed by atoms with Crippen molar-refractivity contribution in [2.75, 3.05) is 0 Å². The Morgan fingerprint density at radius 2 is 1.54 bits per heavy atom. The van der Waals surface area contributed by atoms with Gasteiger partial charge >= 0.3 is 20.1 Å². The van der Waals surface area contributed by atoms with Gasteiger partial charge in [0.1, 0.15) is 5.58 Å². The van der Waals surface area contributed by atoms with Crippen LogP contribution in [-0.2, 0) is 25.5 Å². The maximum Gasteiger partial charge on any atom is 3.00 e. The molecule has 3 aromatic heterocycles. The van der Waals surface area contributed by atoms with Gasteiger partial charge in [-0.05, 0) is 75.9 Å². The third kappa shape index (κ3) is 7.18. The molecule has 0 aliphatic heterocycles. The Morgan fingerprint density at radius 3 is 2.30 bits per heavy atom. The van der Waals surface area contributed by atoms with Gasteiger partial charge in [0.2, 0.25) is 0 Å². The van der Waals surface area contributed by atoms with Gasteiger partial charge < -0.3 is 14.0 Å². The van der Waals surface area contributed by atoms with E-state index in [1.807, 2.05) is 41.1 Å². The van der Waals surface area contributed by atoms with E-state index in [0.29, 0.717) is 5.41 Å². The molecule has 272 valence electrons. The molecule has 3 nitrogen and oxygen atoms in total. The fourth-order valence-corrected chi connectivity index (χ4v) is 7.78. The summed E-state index contributed by atoms with van der Waals surface area (Å²) >= 11 is 0. The minimum atomic E-state index is -0.565. The topological polar surface area (TPSA) is 29.9 Å². The maximum atomic E-state index is 9.25. The van der Waals surface area contributed by atoms with Crippen LogP contribution in [0.15, 0.2) is 126 Å². The molecule has 0 N–H and O–H groups in total. The summed E-state index contributed by atoms with van der Waals surface area (Å²) < 4.78 is 17.9. The number of nitrogens with zero attached hydrogens (tertiary/aromatic N) is 2. The first-order valence-electron chi connectivity index (χ1n) is 19.2. The monoisotopic (exact) mass is 886 g/mol. The van der Waals surface area contributed by atoms with Gasteiger partial charge in [0, 0.05) is 25.4 Å². The standard InChI is InChI=1S/C33H28NO.C17H20N.Ir/c1-33(2)17-14-21(15-18-33)24-16-19-34-29(20-24)28-9-5-8-26-27-13-12-23-11-10-22-6-3-4-7-25(22)30(23)32(27)35-31(26)28;1-13-8-6-7-9-15(13)16-11-10-14(12-18(16)5)17(2,3)4;/h3-8,10-13,16,19-21H,14-15,17-18H2,1-2H3;6-12H,1,5H2,2-4H3;/q2*-1;+3/i21D;;. The van der Waals surface area contributed by atoms with E-state index in [1.165, 1.54) is 21.7 Å². The molecule has 0 bridgehead atoms.